The zero-order chi connectivity index (χ0) is 22.2. The van der Waals surface area contributed by atoms with Gasteiger partial charge in [0.15, 0.2) is 11.5 Å². The van der Waals surface area contributed by atoms with Gasteiger partial charge in [0.05, 0.1) is 26.0 Å². The van der Waals surface area contributed by atoms with Gasteiger partial charge in [-0.25, -0.2) is 5.43 Å². The van der Waals surface area contributed by atoms with Crippen LogP contribution in [0, 0.1) is 0 Å². The molecule has 0 heterocycles. The third-order valence-electron chi connectivity index (χ3n) is 4.32. The monoisotopic (exact) mass is 440 g/mol. The molecule has 0 aliphatic heterocycles. The Morgan fingerprint density at radius 1 is 1.03 bits per heavy atom. The van der Waals surface area contributed by atoms with E-state index < -0.39 is 5.91 Å². The van der Waals surface area contributed by atoms with Gasteiger partial charge in [0, 0.05) is 11.1 Å². The highest BCUT2D eigenvalue weighted by Gasteiger charge is 2.11. The minimum Gasteiger partial charge on any atom is -0.507 e. The van der Waals surface area contributed by atoms with Crippen molar-refractivity contribution in [3.8, 4) is 23.0 Å². The third-order valence-corrected chi connectivity index (χ3v) is 4.58. The highest BCUT2D eigenvalue weighted by molar-refractivity contribution is 6.30. The van der Waals surface area contributed by atoms with Crippen molar-refractivity contribution in [1.29, 1.82) is 0 Å². The van der Waals surface area contributed by atoms with E-state index in [1.807, 2.05) is 12.1 Å². The van der Waals surface area contributed by atoms with Crippen LogP contribution in [0.3, 0.4) is 0 Å². The number of halogens is 1. The summed E-state index contributed by atoms with van der Waals surface area (Å²) in [4.78, 5) is 12.2. The van der Waals surface area contributed by atoms with Crippen LogP contribution >= 0.6 is 11.6 Å². The fraction of sp³-hybridized carbons (Fsp3) is 0.130. The molecule has 1 amide bonds. The number of ether oxygens (including phenoxy) is 3. The Hall–Kier alpha value is -3.71. The number of nitrogens with one attached hydrogen (secondary N) is 1. The van der Waals surface area contributed by atoms with Gasteiger partial charge in [-0.15, -0.1) is 0 Å². The molecule has 0 bridgehead atoms. The molecule has 31 heavy (non-hydrogen) atoms. The first-order chi connectivity index (χ1) is 15.0. The maximum atomic E-state index is 12.2. The quantitative estimate of drug-likeness (QED) is 0.400. The van der Waals surface area contributed by atoms with E-state index in [0.29, 0.717) is 34.4 Å². The number of carbonyl (C=O) groups is 1. The number of amides is 1. The van der Waals surface area contributed by atoms with Crippen LogP contribution in [-0.2, 0) is 6.61 Å². The number of phenols is 1. The van der Waals surface area contributed by atoms with Crippen LogP contribution in [0.5, 0.6) is 23.0 Å². The predicted octanol–water partition coefficient (Wildman–Crippen LogP) is 4.41. The van der Waals surface area contributed by atoms with E-state index in [9.17, 15) is 9.90 Å². The lowest BCUT2D eigenvalue weighted by molar-refractivity contribution is 0.0952. The topological polar surface area (TPSA) is 89.4 Å². The van der Waals surface area contributed by atoms with Crippen molar-refractivity contribution in [3.05, 3.63) is 82.4 Å². The highest BCUT2D eigenvalue weighted by atomic mass is 35.5. The van der Waals surface area contributed by atoms with Crippen molar-refractivity contribution in [2.75, 3.05) is 14.2 Å². The van der Waals surface area contributed by atoms with Gasteiger partial charge < -0.3 is 19.3 Å². The van der Waals surface area contributed by atoms with Gasteiger partial charge in [-0.1, -0.05) is 23.7 Å². The molecule has 0 fully saturated rings. The smallest absolute Gasteiger partial charge is 0.275 e. The maximum Gasteiger partial charge on any atom is 0.275 e. The Labute approximate surface area is 184 Å². The third kappa shape index (κ3) is 5.90. The van der Waals surface area contributed by atoms with E-state index in [4.69, 9.17) is 25.8 Å². The average Bonchev–Trinajstić information content (AvgIpc) is 2.78. The van der Waals surface area contributed by atoms with E-state index in [1.165, 1.54) is 25.5 Å². The number of methoxy groups -OCH3 is 2. The molecule has 0 aromatic heterocycles. The predicted molar refractivity (Wildman–Crippen MR) is 118 cm³/mol. The molecule has 0 saturated carbocycles. The molecule has 0 unspecified atom stereocenters. The lowest BCUT2D eigenvalue weighted by Gasteiger charge is -2.11. The molecule has 0 saturated heterocycles. The first-order valence-electron chi connectivity index (χ1n) is 9.26. The Kier molecular flexibility index (Phi) is 7.35. The molecular weight excluding hydrogens is 420 g/mol. The fourth-order valence-corrected chi connectivity index (χ4v) is 2.81. The number of rotatable bonds is 8. The van der Waals surface area contributed by atoms with Crippen molar-refractivity contribution in [1.82, 2.24) is 5.43 Å². The number of benzene rings is 3. The van der Waals surface area contributed by atoms with Gasteiger partial charge in [0.2, 0.25) is 0 Å². The van der Waals surface area contributed by atoms with Gasteiger partial charge in [-0.2, -0.15) is 5.10 Å². The van der Waals surface area contributed by atoms with E-state index >= 15 is 0 Å². The Balaban J connectivity index is 1.63. The molecule has 0 aliphatic carbocycles. The first-order valence-corrected chi connectivity index (χ1v) is 9.63. The summed E-state index contributed by atoms with van der Waals surface area (Å²) < 4.78 is 16.2. The highest BCUT2D eigenvalue weighted by Crippen LogP contribution is 2.28. The van der Waals surface area contributed by atoms with Crippen molar-refractivity contribution in [2.45, 2.75) is 6.61 Å². The molecule has 8 heteroatoms. The second kappa shape index (κ2) is 10.4. The standard InChI is InChI=1S/C23H21ClN2O5/c1-29-18-8-9-19(20(27)12-18)23(28)26-25-13-16-5-10-21(22(11-16)30-2)31-14-15-3-6-17(24)7-4-15/h3-13,27H,14H2,1-2H3,(H,26,28)/b25-13-. The van der Waals surface area contributed by atoms with Gasteiger partial charge in [0.1, 0.15) is 18.1 Å². The minimum atomic E-state index is -0.550. The van der Waals surface area contributed by atoms with Gasteiger partial charge >= 0.3 is 0 Å². The summed E-state index contributed by atoms with van der Waals surface area (Å²) in [5, 5.41) is 14.5. The Morgan fingerprint density at radius 3 is 2.48 bits per heavy atom. The lowest BCUT2D eigenvalue weighted by atomic mass is 10.2. The van der Waals surface area contributed by atoms with E-state index in [-0.39, 0.29) is 11.3 Å². The molecule has 0 aliphatic rings. The summed E-state index contributed by atoms with van der Waals surface area (Å²) in [5.74, 6) is 0.795. The second-order valence-corrected chi connectivity index (χ2v) is 6.84. The van der Waals surface area contributed by atoms with Crippen molar-refractivity contribution in [2.24, 2.45) is 5.10 Å². The molecule has 3 aromatic rings. The molecule has 2 N–H and O–H groups in total. The Morgan fingerprint density at radius 2 is 1.81 bits per heavy atom. The zero-order valence-corrected chi connectivity index (χ0v) is 17.7. The van der Waals surface area contributed by atoms with Crippen LogP contribution in [0.4, 0.5) is 0 Å². The summed E-state index contributed by atoms with van der Waals surface area (Å²) >= 11 is 5.89. The first kappa shape index (κ1) is 22.0. The summed E-state index contributed by atoms with van der Waals surface area (Å²) in [5.41, 5.74) is 4.12. The van der Waals surface area contributed by atoms with Crippen LogP contribution in [0.15, 0.2) is 65.8 Å². The minimum absolute atomic E-state index is 0.0847. The van der Waals surface area contributed by atoms with Gasteiger partial charge in [-0.3, -0.25) is 4.79 Å². The number of nitrogens with zero attached hydrogens (tertiary/aromatic N) is 1. The number of hydrogen-bond acceptors (Lipinski definition) is 6. The van der Waals surface area contributed by atoms with E-state index in [0.717, 1.165) is 5.56 Å². The van der Waals surface area contributed by atoms with Crippen LogP contribution in [-0.4, -0.2) is 31.4 Å². The average molecular weight is 441 g/mol. The molecule has 3 aromatic carbocycles. The largest absolute Gasteiger partial charge is 0.507 e. The van der Waals surface area contributed by atoms with Gasteiger partial charge in [0.25, 0.3) is 5.91 Å². The second-order valence-electron chi connectivity index (χ2n) is 6.41. The number of aromatic hydroxyl groups is 1. The maximum absolute atomic E-state index is 12.2. The van der Waals surface area contributed by atoms with Crippen molar-refractivity contribution in [3.63, 3.8) is 0 Å². The summed E-state index contributed by atoms with van der Waals surface area (Å²) in [6.45, 7) is 0.363. The van der Waals surface area contributed by atoms with E-state index in [1.54, 1.807) is 43.5 Å². The molecule has 0 radical (unpaired) electrons. The normalized spacial score (nSPS) is 10.7. The zero-order valence-electron chi connectivity index (χ0n) is 17.0. The van der Waals surface area contributed by atoms with Crippen molar-refractivity contribution >= 4 is 23.7 Å². The van der Waals surface area contributed by atoms with Crippen LogP contribution < -0.4 is 19.6 Å². The molecule has 3 rings (SSSR count). The summed E-state index contributed by atoms with van der Waals surface area (Å²) in [7, 11) is 3.01. The number of hydrogen-bond donors (Lipinski definition) is 2. The summed E-state index contributed by atoms with van der Waals surface area (Å²) in [6, 6.07) is 17.0. The number of hydrazone groups is 1. The molecule has 7 nitrogen and oxygen atoms in total. The lowest BCUT2D eigenvalue weighted by Crippen LogP contribution is -2.17. The number of phenolic OH excluding ortho intramolecular Hbond substituents is 1. The number of carbonyl (C=O) groups excluding carboxylic acids is 1. The Bertz CT molecular complexity index is 1080. The van der Waals surface area contributed by atoms with Gasteiger partial charge in [-0.05, 0) is 53.6 Å². The van der Waals surface area contributed by atoms with E-state index in [2.05, 4.69) is 10.5 Å². The molecule has 0 atom stereocenters. The van der Waals surface area contributed by atoms with Crippen LogP contribution in [0.1, 0.15) is 21.5 Å². The SMILES string of the molecule is COc1ccc(C(=O)N/N=C\c2ccc(OCc3ccc(Cl)cc3)c(OC)c2)c(O)c1. The van der Waals surface area contributed by atoms with Crippen molar-refractivity contribution < 1.29 is 24.1 Å². The molecule has 160 valence electrons. The van der Waals surface area contributed by atoms with Crippen LogP contribution in [0.2, 0.25) is 5.02 Å². The molecular formula is C23H21ClN2O5. The summed E-state index contributed by atoms with van der Waals surface area (Å²) in [6.07, 6.45) is 1.46. The molecule has 0 spiro atoms. The van der Waals surface area contributed by atoms with Crippen LogP contribution in [0.25, 0.3) is 0 Å². The fourth-order valence-electron chi connectivity index (χ4n) is 2.68.